The van der Waals surface area contributed by atoms with Crippen molar-refractivity contribution in [1.29, 1.82) is 0 Å². The molecule has 0 bridgehead atoms. The average Bonchev–Trinajstić information content (AvgIpc) is 3.40. The van der Waals surface area contributed by atoms with Crippen molar-refractivity contribution in [2.24, 2.45) is 0 Å². The topological polar surface area (TPSA) is 62.3 Å². The molecule has 0 saturated carbocycles. The third-order valence-corrected chi connectivity index (χ3v) is 6.71. The first-order chi connectivity index (χ1) is 12.7. The van der Waals surface area contributed by atoms with E-state index in [2.05, 4.69) is 16.4 Å². The van der Waals surface area contributed by atoms with Crippen LogP contribution in [0, 0.1) is 0 Å². The summed E-state index contributed by atoms with van der Waals surface area (Å²) < 4.78 is 1.14. The Morgan fingerprint density at radius 2 is 1.88 bits per heavy atom. The number of rotatable bonds is 5. The van der Waals surface area contributed by atoms with Gasteiger partial charge in [0.15, 0.2) is 0 Å². The van der Waals surface area contributed by atoms with Crippen LogP contribution in [0.4, 0.5) is 0 Å². The van der Waals surface area contributed by atoms with Crippen LogP contribution in [0.2, 0.25) is 0 Å². The highest BCUT2D eigenvalue weighted by Gasteiger charge is 2.18. The second kappa shape index (κ2) is 7.55. The normalized spacial score (nSPS) is 14.1. The second-order valence-corrected chi connectivity index (χ2v) is 8.36. The van der Waals surface area contributed by atoms with Crippen LogP contribution < -0.4 is 5.32 Å². The number of carbonyl (C=O) groups excluding carboxylic acids is 2. The van der Waals surface area contributed by atoms with Gasteiger partial charge >= 0.3 is 0 Å². The summed E-state index contributed by atoms with van der Waals surface area (Å²) in [5.41, 5.74) is 0.979. The van der Waals surface area contributed by atoms with E-state index in [0.717, 1.165) is 46.0 Å². The van der Waals surface area contributed by atoms with Crippen LogP contribution in [0.3, 0.4) is 0 Å². The zero-order valence-electron chi connectivity index (χ0n) is 14.2. The van der Waals surface area contributed by atoms with E-state index in [-0.39, 0.29) is 11.8 Å². The number of nitrogens with zero attached hydrogens (tertiary/aromatic N) is 2. The molecule has 134 valence electrons. The molecule has 0 unspecified atom stereocenters. The van der Waals surface area contributed by atoms with Crippen LogP contribution in [0.5, 0.6) is 0 Å². The van der Waals surface area contributed by atoms with Crippen molar-refractivity contribution in [3.05, 3.63) is 41.3 Å². The van der Waals surface area contributed by atoms with Gasteiger partial charge in [-0.05, 0) is 37.1 Å². The lowest BCUT2D eigenvalue weighted by atomic mass is 10.3. The molecule has 1 saturated heterocycles. The van der Waals surface area contributed by atoms with Crippen molar-refractivity contribution >= 4 is 44.7 Å². The van der Waals surface area contributed by atoms with Gasteiger partial charge in [-0.2, -0.15) is 0 Å². The third-order valence-electron chi connectivity index (χ3n) is 4.42. The number of aromatic nitrogens is 1. The molecule has 0 spiro atoms. The molecule has 0 atom stereocenters. The van der Waals surface area contributed by atoms with Gasteiger partial charge in [-0.1, -0.05) is 12.1 Å². The summed E-state index contributed by atoms with van der Waals surface area (Å²) in [6.45, 7) is 2.08. The van der Waals surface area contributed by atoms with E-state index in [0.29, 0.717) is 17.8 Å². The Hall–Kier alpha value is -2.25. The number of thiophene rings is 1. The number of thiazole rings is 1. The summed E-state index contributed by atoms with van der Waals surface area (Å²) in [7, 11) is 0. The minimum atomic E-state index is -0.128. The van der Waals surface area contributed by atoms with Crippen LogP contribution >= 0.6 is 22.7 Å². The van der Waals surface area contributed by atoms with E-state index >= 15 is 0 Å². The fourth-order valence-corrected chi connectivity index (χ4v) is 4.99. The van der Waals surface area contributed by atoms with Gasteiger partial charge in [-0.25, -0.2) is 4.98 Å². The molecule has 1 fully saturated rings. The highest BCUT2D eigenvalue weighted by atomic mass is 32.1. The van der Waals surface area contributed by atoms with Gasteiger partial charge < -0.3 is 10.2 Å². The molecule has 0 radical (unpaired) electrons. The summed E-state index contributed by atoms with van der Waals surface area (Å²) >= 11 is 3.06. The molecule has 7 heteroatoms. The lowest BCUT2D eigenvalue weighted by Crippen LogP contribution is -2.32. The maximum absolute atomic E-state index is 12.3. The Balaban J connectivity index is 1.36. The zero-order chi connectivity index (χ0) is 17.9. The van der Waals surface area contributed by atoms with Crippen molar-refractivity contribution < 1.29 is 9.59 Å². The molecule has 3 heterocycles. The Morgan fingerprint density at radius 1 is 1.08 bits per heavy atom. The van der Waals surface area contributed by atoms with Gasteiger partial charge in [0.1, 0.15) is 5.01 Å². The predicted octanol–water partition coefficient (Wildman–Crippen LogP) is 3.77. The van der Waals surface area contributed by atoms with Crippen LogP contribution in [-0.4, -0.2) is 41.3 Å². The maximum Gasteiger partial charge on any atom is 0.261 e. The minimum absolute atomic E-state index is 0.128. The number of amides is 2. The van der Waals surface area contributed by atoms with Crippen molar-refractivity contribution in [3.8, 4) is 9.88 Å². The van der Waals surface area contributed by atoms with Crippen LogP contribution in [-0.2, 0) is 4.79 Å². The first-order valence-electron chi connectivity index (χ1n) is 8.72. The molecule has 1 N–H and O–H groups in total. The zero-order valence-corrected chi connectivity index (χ0v) is 15.9. The van der Waals surface area contributed by atoms with Crippen LogP contribution in [0.1, 0.15) is 28.9 Å². The molecule has 1 aliphatic heterocycles. The summed E-state index contributed by atoms with van der Waals surface area (Å²) in [6, 6.07) is 11.8. The number of fused-ring (bicyclic) bond motifs is 1. The van der Waals surface area contributed by atoms with Gasteiger partial charge in [-0.15, -0.1) is 22.7 Å². The summed E-state index contributed by atoms with van der Waals surface area (Å²) in [6.07, 6.45) is 2.53. The van der Waals surface area contributed by atoms with E-state index in [4.69, 9.17) is 0 Å². The number of nitrogens with one attached hydrogen (secondary N) is 1. The first-order valence-corrected chi connectivity index (χ1v) is 10.4. The highest BCUT2D eigenvalue weighted by Crippen LogP contribution is 2.34. The van der Waals surface area contributed by atoms with E-state index < -0.39 is 0 Å². The minimum Gasteiger partial charge on any atom is -0.351 e. The fraction of sp³-hybridized carbons (Fsp3) is 0.316. The molecule has 0 aliphatic carbocycles. The van der Waals surface area contributed by atoms with Gasteiger partial charge in [0.2, 0.25) is 5.91 Å². The van der Waals surface area contributed by atoms with Crippen LogP contribution in [0.25, 0.3) is 20.1 Å². The largest absolute Gasteiger partial charge is 0.351 e. The van der Waals surface area contributed by atoms with Crippen molar-refractivity contribution in [1.82, 2.24) is 15.2 Å². The third kappa shape index (κ3) is 3.64. The van der Waals surface area contributed by atoms with Gasteiger partial charge in [-0.3, -0.25) is 9.59 Å². The number of hydrogen-bond acceptors (Lipinski definition) is 5. The molecule has 1 aromatic carbocycles. The number of likely N-dealkylation sites (tertiary alicyclic amines) is 1. The van der Waals surface area contributed by atoms with E-state index in [9.17, 15) is 9.59 Å². The standard InChI is InChI=1S/C19H19N3O2S2/c23-17(22-11-3-4-12-22)9-10-20-18(24)15-7-8-16(25-15)19-21-13-5-1-2-6-14(13)26-19/h1-2,5-8H,3-4,9-12H2,(H,20,24). The van der Waals surface area contributed by atoms with Crippen molar-refractivity contribution in [2.75, 3.05) is 19.6 Å². The molecule has 26 heavy (non-hydrogen) atoms. The quantitative estimate of drug-likeness (QED) is 0.727. The second-order valence-electron chi connectivity index (χ2n) is 6.24. The van der Waals surface area contributed by atoms with Crippen molar-refractivity contribution in [2.45, 2.75) is 19.3 Å². The highest BCUT2D eigenvalue weighted by molar-refractivity contribution is 7.26. The lowest BCUT2D eigenvalue weighted by Gasteiger charge is -2.14. The Kier molecular flexibility index (Phi) is 4.99. The molecular weight excluding hydrogens is 366 g/mol. The summed E-state index contributed by atoms with van der Waals surface area (Å²) in [5.74, 6) is 0.000673. The van der Waals surface area contributed by atoms with Crippen molar-refractivity contribution in [3.63, 3.8) is 0 Å². The number of para-hydroxylation sites is 1. The molecule has 2 aromatic heterocycles. The lowest BCUT2D eigenvalue weighted by molar-refractivity contribution is -0.129. The maximum atomic E-state index is 12.3. The molecule has 1 aliphatic rings. The number of hydrogen-bond donors (Lipinski definition) is 1. The van der Waals surface area contributed by atoms with Gasteiger partial charge in [0, 0.05) is 26.1 Å². The van der Waals surface area contributed by atoms with E-state index in [1.54, 1.807) is 11.3 Å². The van der Waals surface area contributed by atoms with Crippen LogP contribution in [0.15, 0.2) is 36.4 Å². The molecule has 5 nitrogen and oxygen atoms in total. The molecule has 2 amide bonds. The summed E-state index contributed by atoms with van der Waals surface area (Å²) in [5, 5.41) is 3.78. The Bertz CT molecular complexity index is 908. The summed E-state index contributed by atoms with van der Waals surface area (Å²) in [4.78, 5) is 32.5. The molecular formula is C19H19N3O2S2. The first kappa shape index (κ1) is 17.2. The Morgan fingerprint density at radius 3 is 2.69 bits per heavy atom. The molecule has 3 aromatic rings. The average molecular weight is 386 g/mol. The van der Waals surface area contributed by atoms with E-state index in [1.165, 1.54) is 11.3 Å². The number of benzene rings is 1. The predicted molar refractivity (Wildman–Crippen MR) is 106 cm³/mol. The van der Waals surface area contributed by atoms with E-state index in [1.807, 2.05) is 35.2 Å². The Labute approximate surface area is 159 Å². The smallest absolute Gasteiger partial charge is 0.261 e. The van der Waals surface area contributed by atoms with Gasteiger partial charge in [0.25, 0.3) is 5.91 Å². The monoisotopic (exact) mass is 385 g/mol. The van der Waals surface area contributed by atoms with Gasteiger partial charge in [0.05, 0.1) is 20.0 Å². The molecule has 4 rings (SSSR count). The fourth-order valence-electron chi connectivity index (χ4n) is 3.05. The SMILES string of the molecule is O=C(NCCC(=O)N1CCCC1)c1ccc(-c2nc3ccccc3s2)s1. The number of carbonyl (C=O) groups is 2.